The first-order valence-electron chi connectivity index (χ1n) is 10.9. The van der Waals surface area contributed by atoms with Gasteiger partial charge < -0.3 is 15.0 Å². The maximum Gasteiger partial charge on any atom is 0.251 e. The van der Waals surface area contributed by atoms with E-state index in [0.29, 0.717) is 23.8 Å². The minimum absolute atomic E-state index is 0.0342. The minimum Gasteiger partial charge on any atom is -0.382 e. The highest BCUT2D eigenvalue weighted by Crippen LogP contribution is 2.20. The van der Waals surface area contributed by atoms with E-state index < -0.39 is 10.0 Å². The van der Waals surface area contributed by atoms with Crippen LogP contribution in [0.4, 0.5) is 5.69 Å². The van der Waals surface area contributed by atoms with E-state index >= 15 is 0 Å². The zero-order chi connectivity index (χ0) is 24.0. The molecule has 0 aliphatic carbocycles. The number of allylic oxidation sites excluding steroid dienone is 1. The van der Waals surface area contributed by atoms with Crippen LogP contribution in [0.5, 0.6) is 0 Å². The van der Waals surface area contributed by atoms with Gasteiger partial charge in [-0.2, -0.15) is 0 Å². The first-order valence-corrected chi connectivity index (χ1v) is 12.4. The number of pyridine rings is 1. The van der Waals surface area contributed by atoms with Crippen molar-refractivity contribution in [1.29, 1.82) is 0 Å². The average molecular weight is 470 g/mol. The van der Waals surface area contributed by atoms with Gasteiger partial charge in [-0.05, 0) is 50.1 Å². The predicted molar refractivity (Wildman–Crippen MR) is 131 cm³/mol. The summed E-state index contributed by atoms with van der Waals surface area (Å²) < 4.78 is 30.0. The maximum atomic E-state index is 12.9. The molecule has 3 aromatic rings. The topological polar surface area (TPSA) is 105 Å². The van der Waals surface area contributed by atoms with Crippen molar-refractivity contribution >= 4 is 27.3 Å². The van der Waals surface area contributed by atoms with Gasteiger partial charge in [-0.15, -0.1) is 0 Å². The smallest absolute Gasteiger partial charge is 0.251 e. The van der Waals surface area contributed by atoms with E-state index in [2.05, 4.69) is 40.3 Å². The molecule has 3 N–H and O–H groups in total. The number of amides is 1. The number of rotatable bonds is 10. The number of hydrogen-bond acceptors (Lipinski definition) is 5. The van der Waals surface area contributed by atoms with Gasteiger partial charge in [0, 0.05) is 36.2 Å². The summed E-state index contributed by atoms with van der Waals surface area (Å²) >= 11 is 0. The van der Waals surface area contributed by atoms with Crippen LogP contribution in [0.25, 0.3) is 5.65 Å². The molecule has 0 unspecified atom stereocenters. The number of hydrogen-bond donors (Lipinski definition) is 3. The highest BCUT2D eigenvalue weighted by Gasteiger charge is 2.19. The first kappa shape index (κ1) is 24.5. The second-order valence-electron chi connectivity index (χ2n) is 8.46. The molecule has 0 bridgehead atoms. The molecule has 0 atom stereocenters. The normalized spacial score (nSPS) is 12.2. The number of imidazole rings is 1. The van der Waals surface area contributed by atoms with Gasteiger partial charge in [0.1, 0.15) is 5.65 Å². The summed E-state index contributed by atoms with van der Waals surface area (Å²) in [5.41, 5.74) is 2.29. The Labute approximate surface area is 195 Å². The second-order valence-corrected chi connectivity index (χ2v) is 10.2. The number of aromatic nitrogens is 2. The molecule has 1 aromatic carbocycles. The molecule has 9 heteroatoms. The number of carbonyl (C=O) groups excluding carboxylic acids is 1. The molecule has 3 rings (SSSR count). The van der Waals surface area contributed by atoms with E-state index in [1.807, 2.05) is 41.1 Å². The molecule has 0 fully saturated rings. The summed E-state index contributed by atoms with van der Waals surface area (Å²) in [6.45, 7) is 8.39. The highest BCUT2D eigenvalue weighted by atomic mass is 32.2. The Morgan fingerprint density at radius 1 is 1.15 bits per heavy atom. The van der Waals surface area contributed by atoms with Crippen molar-refractivity contribution in [2.24, 2.45) is 5.92 Å². The van der Waals surface area contributed by atoms with E-state index in [-0.39, 0.29) is 29.0 Å². The van der Waals surface area contributed by atoms with Gasteiger partial charge in [-0.1, -0.05) is 32.1 Å². The molecule has 0 aliphatic heterocycles. The molecule has 176 valence electrons. The van der Waals surface area contributed by atoms with Gasteiger partial charge in [-0.3, -0.25) is 4.79 Å². The molecule has 1 amide bonds. The van der Waals surface area contributed by atoms with Crippen LogP contribution in [-0.4, -0.2) is 36.3 Å². The van der Waals surface area contributed by atoms with Gasteiger partial charge in [0.25, 0.3) is 5.91 Å². The van der Waals surface area contributed by atoms with E-state index in [1.54, 1.807) is 19.9 Å². The molecule has 0 saturated heterocycles. The highest BCUT2D eigenvalue weighted by molar-refractivity contribution is 7.89. The molecule has 2 heterocycles. The first-order chi connectivity index (χ1) is 15.6. The molecule has 0 radical (unpaired) electrons. The van der Waals surface area contributed by atoms with E-state index in [4.69, 9.17) is 0 Å². The summed E-state index contributed by atoms with van der Waals surface area (Å²) in [5.74, 6) is 0.0316. The number of anilines is 1. The van der Waals surface area contributed by atoms with Crippen LogP contribution in [0.3, 0.4) is 0 Å². The van der Waals surface area contributed by atoms with Crippen LogP contribution >= 0.6 is 0 Å². The lowest BCUT2D eigenvalue weighted by Crippen LogP contribution is -2.31. The lowest BCUT2D eigenvalue weighted by molar-refractivity contribution is 0.0950. The zero-order valence-corrected chi connectivity index (χ0v) is 20.2. The molecule has 33 heavy (non-hydrogen) atoms. The average Bonchev–Trinajstić information content (AvgIpc) is 3.17. The van der Waals surface area contributed by atoms with Crippen LogP contribution in [0, 0.1) is 5.92 Å². The SMILES string of the molecule is CC(C)C=CCNc1cc(C(=O)NCc2cn3ccccc3n2)cc(S(=O)(=O)NC(C)C)c1. The Balaban J connectivity index is 1.82. The Morgan fingerprint density at radius 2 is 1.94 bits per heavy atom. The lowest BCUT2D eigenvalue weighted by Gasteiger charge is -2.14. The second kappa shape index (κ2) is 10.6. The maximum absolute atomic E-state index is 12.9. The van der Waals surface area contributed by atoms with Crippen molar-refractivity contribution in [2.75, 3.05) is 11.9 Å². The van der Waals surface area contributed by atoms with Gasteiger partial charge in [-0.25, -0.2) is 18.1 Å². The summed E-state index contributed by atoms with van der Waals surface area (Å²) in [5, 5.41) is 6.01. The quantitative estimate of drug-likeness (QED) is 0.394. The zero-order valence-electron chi connectivity index (χ0n) is 19.4. The minimum atomic E-state index is -3.77. The number of nitrogens with one attached hydrogen (secondary N) is 3. The van der Waals surface area contributed by atoms with Crippen LogP contribution in [-0.2, 0) is 16.6 Å². The third kappa shape index (κ3) is 6.90. The summed E-state index contributed by atoms with van der Waals surface area (Å²) in [6, 6.07) is 9.98. The lowest BCUT2D eigenvalue weighted by atomic mass is 10.1. The van der Waals surface area contributed by atoms with Crippen molar-refractivity contribution in [3.8, 4) is 0 Å². The third-order valence-electron chi connectivity index (χ3n) is 4.66. The van der Waals surface area contributed by atoms with Crippen molar-refractivity contribution in [3.63, 3.8) is 0 Å². The van der Waals surface area contributed by atoms with Crippen molar-refractivity contribution in [3.05, 3.63) is 72.2 Å². The molecular weight excluding hydrogens is 438 g/mol. The summed E-state index contributed by atoms with van der Waals surface area (Å²) in [4.78, 5) is 17.4. The largest absolute Gasteiger partial charge is 0.382 e. The van der Waals surface area contributed by atoms with Gasteiger partial charge in [0.15, 0.2) is 0 Å². The van der Waals surface area contributed by atoms with Crippen LogP contribution in [0.15, 0.2) is 65.8 Å². The number of benzene rings is 1. The fraction of sp³-hybridized carbons (Fsp3) is 0.333. The molecular formula is C24H31N5O3S. The van der Waals surface area contributed by atoms with Crippen molar-refractivity contribution in [1.82, 2.24) is 19.4 Å². The summed E-state index contributed by atoms with van der Waals surface area (Å²) in [6.07, 6.45) is 7.75. The standard InChI is InChI=1S/C24H31N5O3S/c1-17(2)8-7-10-25-20-12-19(13-22(14-20)33(31,32)28-18(3)4)24(30)26-15-21-16-29-11-6-5-9-23(29)27-21/h5-9,11-14,16-18,25,28H,10,15H2,1-4H3,(H,26,30). The third-order valence-corrected chi connectivity index (χ3v) is 6.30. The van der Waals surface area contributed by atoms with Gasteiger partial charge in [0.2, 0.25) is 10.0 Å². The monoisotopic (exact) mass is 469 g/mol. The predicted octanol–water partition coefficient (Wildman–Crippen LogP) is 3.58. The molecule has 0 spiro atoms. The van der Waals surface area contributed by atoms with E-state index in [0.717, 1.165) is 5.65 Å². The van der Waals surface area contributed by atoms with Crippen molar-refractivity contribution in [2.45, 2.75) is 45.2 Å². The van der Waals surface area contributed by atoms with Crippen LogP contribution in [0.2, 0.25) is 0 Å². The van der Waals surface area contributed by atoms with E-state index in [9.17, 15) is 13.2 Å². The molecule has 8 nitrogen and oxygen atoms in total. The van der Waals surface area contributed by atoms with Crippen molar-refractivity contribution < 1.29 is 13.2 Å². The summed E-state index contributed by atoms with van der Waals surface area (Å²) in [7, 11) is -3.77. The molecule has 2 aromatic heterocycles. The number of fused-ring (bicyclic) bond motifs is 1. The van der Waals surface area contributed by atoms with E-state index in [1.165, 1.54) is 12.1 Å². The van der Waals surface area contributed by atoms with Crippen LogP contribution < -0.4 is 15.4 Å². The molecule has 0 aliphatic rings. The Morgan fingerprint density at radius 3 is 2.64 bits per heavy atom. The van der Waals surface area contributed by atoms with Gasteiger partial charge >= 0.3 is 0 Å². The molecule has 0 saturated carbocycles. The van der Waals surface area contributed by atoms with Crippen LogP contribution in [0.1, 0.15) is 43.7 Å². The number of nitrogens with zero attached hydrogens (tertiary/aromatic N) is 2. The Kier molecular flexibility index (Phi) is 7.88. The Hall–Kier alpha value is -3.17. The Bertz CT molecular complexity index is 1210. The fourth-order valence-corrected chi connectivity index (χ4v) is 4.55. The van der Waals surface area contributed by atoms with Gasteiger partial charge in [0.05, 0.1) is 17.1 Å². The fourth-order valence-electron chi connectivity index (χ4n) is 3.23. The number of carbonyl (C=O) groups is 1. The number of sulfonamides is 1.